The number of likely N-dealkylation sites (N-methyl/N-ethyl adjacent to an activating group) is 2. The van der Waals surface area contributed by atoms with E-state index >= 15 is 0 Å². The second kappa shape index (κ2) is 5.67. The SMILES string of the molecule is CN(CC(=O)NC1CC1)C(=O)CN(C)C1CNC1. The lowest BCUT2D eigenvalue weighted by atomic mass is 10.1. The number of hydrogen-bond donors (Lipinski definition) is 2. The van der Waals surface area contributed by atoms with Crippen LogP contribution in [0, 0.1) is 0 Å². The molecule has 18 heavy (non-hydrogen) atoms. The van der Waals surface area contributed by atoms with Gasteiger partial charge in [0, 0.05) is 32.2 Å². The van der Waals surface area contributed by atoms with Gasteiger partial charge in [0.15, 0.2) is 0 Å². The predicted molar refractivity (Wildman–Crippen MR) is 68.1 cm³/mol. The summed E-state index contributed by atoms with van der Waals surface area (Å²) in [6.45, 7) is 2.41. The summed E-state index contributed by atoms with van der Waals surface area (Å²) in [5.41, 5.74) is 0. The number of hydrogen-bond acceptors (Lipinski definition) is 4. The van der Waals surface area contributed by atoms with Gasteiger partial charge in [-0.15, -0.1) is 0 Å². The second-order valence-electron chi connectivity index (χ2n) is 5.32. The third-order valence-corrected chi connectivity index (χ3v) is 3.52. The Morgan fingerprint density at radius 2 is 1.89 bits per heavy atom. The topological polar surface area (TPSA) is 64.7 Å². The van der Waals surface area contributed by atoms with E-state index in [9.17, 15) is 9.59 Å². The van der Waals surface area contributed by atoms with Crippen molar-refractivity contribution in [2.24, 2.45) is 0 Å². The minimum absolute atomic E-state index is 0.00431. The van der Waals surface area contributed by atoms with Gasteiger partial charge in [0.05, 0.1) is 13.1 Å². The van der Waals surface area contributed by atoms with Crippen molar-refractivity contribution in [2.75, 3.05) is 40.3 Å². The molecule has 0 aromatic heterocycles. The van der Waals surface area contributed by atoms with Gasteiger partial charge in [0.25, 0.3) is 0 Å². The molecular weight excluding hydrogens is 232 g/mol. The lowest BCUT2D eigenvalue weighted by molar-refractivity contribution is -0.136. The monoisotopic (exact) mass is 254 g/mol. The number of nitrogens with zero attached hydrogens (tertiary/aromatic N) is 2. The van der Waals surface area contributed by atoms with E-state index in [0.29, 0.717) is 18.6 Å². The van der Waals surface area contributed by atoms with Crippen molar-refractivity contribution in [1.29, 1.82) is 0 Å². The van der Waals surface area contributed by atoms with Gasteiger partial charge < -0.3 is 15.5 Å². The molecule has 0 unspecified atom stereocenters. The Hall–Kier alpha value is -1.14. The Morgan fingerprint density at radius 1 is 1.22 bits per heavy atom. The molecule has 2 fully saturated rings. The molecule has 1 heterocycles. The smallest absolute Gasteiger partial charge is 0.239 e. The van der Waals surface area contributed by atoms with Crippen LogP contribution in [0.25, 0.3) is 0 Å². The summed E-state index contributed by atoms with van der Waals surface area (Å²) in [6.07, 6.45) is 2.14. The molecule has 102 valence electrons. The van der Waals surface area contributed by atoms with Crippen LogP contribution in [0.2, 0.25) is 0 Å². The summed E-state index contributed by atoms with van der Waals surface area (Å²) >= 11 is 0. The highest BCUT2D eigenvalue weighted by Gasteiger charge is 2.26. The lowest BCUT2D eigenvalue weighted by Crippen LogP contribution is -2.57. The predicted octanol–water partition coefficient (Wildman–Crippen LogP) is -1.37. The van der Waals surface area contributed by atoms with Crippen LogP contribution < -0.4 is 10.6 Å². The van der Waals surface area contributed by atoms with E-state index in [1.54, 1.807) is 7.05 Å². The van der Waals surface area contributed by atoms with E-state index in [1.165, 1.54) is 4.90 Å². The van der Waals surface area contributed by atoms with Crippen molar-refractivity contribution in [3.63, 3.8) is 0 Å². The maximum absolute atomic E-state index is 11.9. The lowest BCUT2D eigenvalue weighted by Gasteiger charge is -2.35. The molecule has 0 radical (unpaired) electrons. The molecule has 1 saturated carbocycles. The molecule has 0 aromatic carbocycles. The third kappa shape index (κ3) is 3.68. The number of amides is 2. The fourth-order valence-electron chi connectivity index (χ4n) is 1.85. The molecule has 1 aliphatic carbocycles. The zero-order valence-corrected chi connectivity index (χ0v) is 11.1. The number of carbonyl (C=O) groups is 2. The molecule has 0 spiro atoms. The Bertz CT molecular complexity index is 326. The van der Waals surface area contributed by atoms with E-state index in [-0.39, 0.29) is 18.4 Å². The van der Waals surface area contributed by atoms with Crippen molar-refractivity contribution < 1.29 is 9.59 Å². The summed E-state index contributed by atoms with van der Waals surface area (Å²) in [6, 6.07) is 0.798. The van der Waals surface area contributed by atoms with Gasteiger partial charge in [-0.25, -0.2) is 0 Å². The van der Waals surface area contributed by atoms with Crippen molar-refractivity contribution in [3.8, 4) is 0 Å². The van der Waals surface area contributed by atoms with E-state index in [2.05, 4.69) is 10.6 Å². The first-order valence-corrected chi connectivity index (χ1v) is 6.50. The van der Waals surface area contributed by atoms with Crippen LogP contribution in [0.3, 0.4) is 0 Å². The van der Waals surface area contributed by atoms with E-state index in [1.807, 2.05) is 11.9 Å². The minimum atomic E-state index is -0.0543. The van der Waals surface area contributed by atoms with Gasteiger partial charge in [-0.3, -0.25) is 14.5 Å². The van der Waals surface area contributed by atoms with Crippen LogP contribution in [0.1, 0.15) is 12.8 Å². The molecule has 1 saturated heterocycles. The van der Waals surface area contributed by atoms with Crippen LogP contribution in [0.4, 0.5) is 0 Å². The van der Waals surface area contributed by atoms with Gasteiger partial charge in [0.2, 0.25) is 11.8 Å². The molecule has 6 heteroatoms. The largest absolute Gasteiger partial charge is 0.352 e. The van der Waals surface area contributed by atoms with Crippen molar-refractivity contribution in [2.45, 2.75) is 24.9 Å². The number of rotatable bonds is 6. The Morgan fingerprint density at radius 3 is 2.39 bits per heavy atom. The maximum atomic E-state index is 11.9. The molecule has 2 N–H and O–H groups in total. The van der Waals surface area contributed by atoms with Gasteiger partial charge >= 0.3 is 0 Å². The molecule has 2 rings (SSSR count). The van der Waals surface area contributed by atoms with E-state index in [0.717, 1.165) is 25.9 Å². The standard InChI is InChI=1S/C12H22N4O2/c1-15(10-5-13-6-10)8-12(18)16(2)7-11(17)14-9-3-4-9/h9-10,13H,3-8H2,1-2H3,(H,14,17). The highest BCUT2D eigenvalue weighted by atomic mass is 16.2. The molecular formula is C12H22N4O2. The zero-order valence-electron chi connectivity index (χ0n) is 11.1. The summed E-state index contributed by atoms with van der Waals surface area (Å²) in [7, 11) is 3.63. The number of nitrogens with one attached hydrogen (secondary N) is 2. The molecule has 2 aliphatic rings. The highest BCUT2D eigenvalue weighted by Crippen LogP contribution is 2.18. The molecule has 0 aromatic rings. The van der Waals surface area contributed by atoms with Crippen LogP contribution in [-0.4, -0.2) is 74.0 Å². The highest BCUT2D eigenvalue weighted by molar-refractivity contribution is 5.85. The van der Waals surface area contributed by atoms with Gasteiger partial charge in [0.1, 0.15) is 0 Å². The van der Waals surface area contributed by atoms with Crippen LogP contribution in [0.15, 0.2) is 0 Å². The molecule has 1 aliphatic heterocycles. The van der Waals surface area contributed by atoms with E-state index < -0.39 is 0 Å². The van der Waals surface area contributed by atoms with Crippen molar-refractivity contribution in [3.05, 3.63) is 0 Å². The van der Waals surface area contributed by atoms with Crippen LogP contribution in [0.5, 0.6) is 0 Å². The van der Waals surface area contributed by atoms with Gasteiger partial charge in [-0.05, 0) is 19.9 Å². The van der Waals surface area contributed by atoms with Crippen LogP contribution in [-0.2, 0) is 9.59 Å². The fraction of sp³-hybridized carbons (Fsp3) is 0.833. The van der Waals surface area contributed by atoms with Crippen molar-refractivity contribution in [1.82, 2.24) is 20.4 Å². The Balaban J connectivity index is 1.67. The first-order chi connectivity index (χ1) is 8.56. The molecule has 2 amide bonds. The first-order valence-electron chi connectivity index (χ1n) is 6.50. The molecule has 0 bridgehead atoms. The average Bonchev–Trinajstić information content (AvgIpc) is 2.97. The zero-order chi connectivity index (χ0) is 13.1. The average molecular weight is 254 g/mol. The molecule has 0 atom stereocenters. The summed E-state index contributed by atoms with van der Waals surface area (Å²) in [4.78, 5) is 27.0. The summed E-state index contributed by atoms with van der Waals surface area (Å²) < 4.78 is 0. The van der Waals surface area contributed by atoms with Crippen LogP contribution >= 0.6 is 0 Å². The Labute approximate surface area is 108 Å². The van der Waals surface area contributed by atoms with Gasteiger partial charge in [-0.1, -0.05) is 0 Å². The minimum Gasteiger partial charge on any atom is -0.352 e. The summed E-state index contributed by atoms with van der Waals surface area (Å²) in [5.74, 6) is -0.0586. The molecule has 6 nitrogen and oxygen atoms in total. The fourth-order valence-corrected chi connectivity index (χ4v) is 1.85. The Kier molecular flexibility index (Phi) is 4.19. The van der Waals surface area contributed by atoms with Crippen molar-refractivity contribution >= 4 is 11.8 Å². The third-order valence-electron chi connectivity index (χ3n) is 3.52. The quantitative estimate of drug-likeness (QED) is 0.614. The van der Waals surface area contributed by atoms with E-state index in [4.69, 9.17) is 0 Å². The van der Waals surface area contributed by atoms with Gasteiger partial charge in [-0.2, -0.15) is 0 Å². The second-order valence-corrected chi connectivity index (χ2v) is 5.32. The summed E-state index contributed by atoms with van der Waals surface area (Å²) in [5, 5.41) is 6.06. The first kappa shape index (κ1) is 13.3. The number of carbonyl (C=O) groups excluding carboxylic acids is 2. The maximum Gasteiger partial charge on any atom is 0.239 e. The normalized spacial score (nSPS) is 19.5.